The van der Waals surface area contributed by atoms with E-state index < -0.39 is 0 Å². The zero-order valence-electron chi connectivity index (χ0n) is 18.8. The fourth-order valence-corrected chi connectivity index (χ4v) is 5.83. The van der Waals surface area contributed by atoms with Crippen molar-refractivity contribution in [3.05, 3.63) is 35.3 Å². The molecule has 2 aliphatic rings. The van der Waals surface area contributed by atoms with Gasteiger partial charge >= 0.3 is 0 Å². The lowest BCUT2D eigenvalue weighted by Crippen LogP contribution is -2.38. The molecule has 32 heavy (non-hydrogen) atoms. The van der Waals surface area contributed by atoms with Crippen molar-refractivity contribution in [2.75, 3.05) is 36.4 Å². The molecule has 1 aromatic carbocycles. The van der Waals surface area contributed by atoms with Gasteiger partial charge in [-0.2, -0.15) is 4.98 Å². The van der Waals surface area contributed by atoms with Gasteiger partial charge in [-0.25, -0.2) is 4.98 Å². The van der Waals surface area contributed by atoms with Crippen molar-refractivity contribution in [2.24, 2.45) is 17.8 Å². The zero-order chi connectivity index (χ0) is 22.1. The summed E-state index contributed by atoms with van der Waals surface area (Å²) < 4.78 is 5.88. The molecule has 0 bridgehead atoms. The van der Waals surface area contributed by atoms with Gasteiger partial charge in [0.1, 0.15) is 5.52 Å². The van der Waals surface area contributed by atoms with Crippen molar-refractivity contribution in [1.29, 1.82) is 0 Å². The Balaban J connectivity index is 1.13. The van der Waals surface area contributed by atoms with Crippen LogP contribution < -0.4 is 10.2 Å². The van der Waals surface area contributed by atoms with Crippen molar-refractivity contribution in [3.8, 4) is 0 Å². The smallest absolute Gasteiger partial charge is 0.298 e. The van der Waals surface area contributed by atoms with Gasteiger partial charge in [0.15, 0.2) is 10.7 Å². The molecule has 7 nitrogen and oxygen atoms in total. The summed E-state index contributed by atoms with van der Waals surface area (Å²) in [4.78, 5) is 26.7. The topological polar surface area (TPSA) is 74.5 Å². The summed E-state index contributed by atoms with van der Waals surface area (Å²) in [6, 6.07) is 8.45. The minimum atomic E-state index is -0.00762. The first-order valence-corrected chi connectivity index (χ1v) is 12.5. The second-order valence-electron chi connectivity index (χ2n) is 9.50. The van der Waals surface area contributed by atoms with Crippen LogP contribution in [0, 0.1) is 17.8 Å². The standard InChI is InChI=1S/C24H31N5O2S/c1-16-11-17(2)13-28(12-16)14-19-15-32-23(25-19)27-22(30)18-7-9-29(10-8-18)24-26-20-5-3-4-6-21(20)31-24/h3-6,15-18H,7-14H2,1-2H3,(H,25,27,30). The molecule has 3 aromatic rings. The minimum absolute atomic E-state index is 0.00762. The van der Waals surface area contributed by atoms with E-state index in [4.69, 9.17) is 4.42 Å². The molecule has 8 heteroatoms. The molecule has 170 valence electrons. The van der Waals surface area contributed by atoms with Crippen LogP contribution >= 0.6 is 11.3 Å². The molecule has 2 unspecified atom stereocenters. The van der Waals surface area contributed by atoms with Crippen LogP contribution in [0.1, 0.15) is 38.8 Å². The Morgan fingerprint density at radius 3 is 2.66 bits per heavy atom. The molecule has 2 saturated heterocycles. The monoisotopic (exact) mass is 453 g/mol. The number of carbonyl (C=O) groups excluding carboxylic acids is 1. The molecule has 2 atom stereocenters. The van der Waals surface area contributed by atoms with Crippen molar-refractivity contribution in [2.45, 2.75) is 39.7 Å². The molecule has 2 fully saturated rings. The molecule has 2 aliphatic heterocycles. The van der Waals surface area contributed by atoms with E-state index in [2.05, 4.69) is 44.3 Å². The normalized spacial score (nSPS) is 23.0. The summed E-state index contributed by atoms with van der Waals surface area (Å²) in [5.41, 5.74) is 2.73. The highest BCUT2D eigenvalue weighted by Gasteiger charge is 2.28. The quantitative estimate of drug-likeness (QED) is 0.608. The first-order chi connectivity index (χ1) is 15.5. The van der Waals surface area contributed by atoms with Crippen LogP contribution in [-0.2, 0) is 11.3 Å². The summed E-state index contributed by atoms with van der Waals surface area (Å²) in [5.74, 6) is 1.53. The van der Waals surface area contributed by atoms with E-state index in [1.807, 2.05) is 24.3 Å². The molecular formula is C24H31N5O2S. The third kappa shape index (κ3) is 4.81. The average molecular weight is 454 g/mol. The number of nitrogens with zero attached hydrogens (tertiary/aromatic N) is 4. The first-order valence-electron chi connectivity index (χ1n) is 11.6. The van der Waals surface area contributed by atoms with Crippen molar-refractivity contribution >= 4 is 39.5 Å². The van der Waals surface area contributed by atoms with E-state index in [-0.39, 0.29) is 11.8 Å². The first kappa shape index (κ1) is 21.4. The lowest BCUT2D eigenvalue weighted by molar-refractivity contribution is -0.120. The third-order valence-electron chi connectivity index (χ3n) is 6.53. The number of para-hydroxylation sites is 2. The number of aromatic nitrogens is 2. The molecule has 0 spiro atoms. The van der Waals surface area contributed by atoms with E-state index in [0.29, 0.717) is 11.1 Å². The van der Waals surface area contributed by atoms with Gasteiger partial charge in [-0.15, -0.1) is 11.3 Å². The molecule has 4 heterocycles. The van der Waals surface area contributed by atoms with Crippen LogP contribution in [0.15, 0.2) is 34.1 Å². The summed E-state index contributed by atoms with van der Waals surface area (Å²) >= 11 is 1.53. The molecule has 0 saturated carbocycles. The van der Waals surface area contributed by atoms with Crippen LogP contribution in [-0.4, -0.2) is 47.0 Å². The van der Waals surface area contributed by atoms with Crippen molar-refractivity contribution in [3.63, 3.8) is 0 Å². The SMILES string of the molecule is CC1CC(C)CN(Cc2csc(NC(=O)C3CCN(c4nc5ccccc5o4)CC3)n2)C1. The number of hydrogen-bond donors (Lipinski definition) is 1. The van der Waals surface area contributed by atoms with E-state index >= 15 is 0 Å². The van der Waals surface area contributed by atoms with E-state index in [0.717, 1.165) is 74.2 Å². The molecule has 2 aromatic heterocycles. The number of thiazole rings is 1. The number of likely N-dealkylation sites (tertiary alicyclic amines) is 1. The Labute approximate surface area is 192 Å². The Kier molecular flexibility index (Phi) is 6.15. The second-order valence-corrected chi connectivity index (χ2v) is 10.4. The number of oxazole rings is 1. The maximum absolute atomic E-state index is 12.8. The van der Waals surface area contributed by atoms with Crippen LogP contribution in [0.4, 0.5) is 11.1 Å². The molecule has 0 radical (unpaired) electrons. The number of anilines is 2. The molecule has 0 aliphatic carbocycles. The fourth-order valence-electron chi connectivity index (χ4n) is 5.12. The van der Waals surface area contributed by atoms with Gasteiger partial charge in [-0.1, -0.05) is 26.0 Å². The summed E-state index contributed by atoms with van der Waals surface area (Å²) in [6.07, 6.45) is 2.87. The number of carbonyl (C=O) groups is 1. The highest BCUT2D eigenvalue weighted by molar-refractivity contribution is 7.13. The minimum Gasteiger partial charge on any atom is -0.423 e. The van der Waals surface area contributed by atoms with Gasteiger partial charge in [-0.05, 0) is 43.2 Å². The lowest BCUT2D eigenvalue weighted by Gasteiger charge is -2.34. The fraction of sp³-hybridized carbons (Fsp3) is 0.542. The number of piperidine rings is 2. The zero-order valence-corrected chi connectivity index (χ0v) is 19.6. The Hall–Kier alpha value is -2.45. The van der Waals surface area contributed by atoms with Crippen molar-refractivity contribution < 1.29 is 9.21 Å². The predicted molar refractivity (Wildman–Crippen MR) is 128 cm³/mol. The Morgan fingerprint density at radius 2 is 1.91 bits per heavy atom. The second kappa shape index (κ2) is 9.19. The predicted octanol–water partition coefficient (Wildman–Crippen LogP) is 4.62. The van der Waals surface area contributed by atoms with Gasteiger partial charge in [0.05, 0.1) is 5.69 Å². The number of benzene rings is 1. The number of rotatable bonds is 5. The Morgan fingerprint density at radius 1 is 1.16 bits per heavy atom. The third-order valence-corrected chi connectivity index (χ3v) is 7.34. The highest BCUT2D eigenvalue weighted by Crippen LogP contribution is 2.28. The average Bonchev–Trinajstić information content (AvgIpc) is 3.40. The lowest BCUT2D eigenvalue weighted by atomic mass is 9.92. The summed E-state index contributed by atoms with van der Waals surface area (Å²) in [6.45, 7) is 9.29. The van der Waals surface area contributed by atoms with Gasteiger partial charge in [0.25, 0.3) is 6.01 Å². The molecule has 5 rings (SSSR count). The Bertz CT molecular complexity index is 1030. The summed E-state index contributed by atoms with van der Waals surface area (Å²) in [5, 5.41) is 5.85. The van der Waals surface area contributed by atoms with Crippen LogP contribution in [0.3, 0.4) is 0 Å². The number of hydrogen-bond acceptors (Lipinski definition) is 7. The van der Waals surface area contributed by atoms with E-state index in [1.165, 1.54) is 17.8 Å². The number of amides is 1. The maximum atomic E-state index is 12.8. The van der Waals surface area contributed by atoms with Gasteiger partial charge in [0.2, 0.25) is 5.91 Å². The molecule has 1 amide bonds. The highest BCUT2D eigenvalue weighted by atomic mass is 32.1. The number of nitrogens with one attached hydrogen (secondary N) is 1. The van der Waals surface area contributed by atoms with Crippen LogP contribution in [0.5, 0.6) is 0 Å². The maximum Gasteiger partial charge on any atom is 0.298 e. The van der Waals surface area contributed by atoms with Gasteiger partial charge in [0, 0.05) is 44.0 Å². The van der Waals surface area contributed by atoms with Crippen LogP contribution in [0.2, 0.25) is 0 Å². The van der Waals surface area contributed by atoms with Crippen molar-refractivity contribution in [1.82, 2.24) is 14.9 Å². The van der Waals surface area contributed by atoms with E-state index in [1.54, 1.807) is 0 Å². The van der Waals surface area contributed by atoms with Gasteiger partial charge in [-0.3, -0.25) is 9.69 Å². The largest absolute Gasteiger partial charge is 0.423 e. The number of fused-ring (bicyclic) bond motifs is 1. The van der Waals surface area contributed by atoms with Crippen LogP contribution in [0.25, 0.3) is 11.1 Å². The van der Waals surface area contributed by atoms with Gasteiger partial charge < -0.3 is 14.6 Å². The summed E-state index contributed by atoms with van der Waals surface area (Å²) in [7, 11) is 0. The van der Waals surface area contributed by atoms with E-state index in [9.17, 15) is 4.79 Å². The molecule has 1 N–H and O–H groups in total. The molecular weight excluding hydrogens is 422 g/mol.